The molecular weight excluding hydrogens is 320 g/mol. The maximum atomic E-state index is 12.2. The van der Waals surface area contributed by atoms with Crippen LogP contribution in [-0.4, -0.2) is 36.3 Å². The van der Waals surface area contributed by atoms with Gasteiger partial charge in [-0.2, -0.15) is 0 Å². The van der Waals surface area contributed by atoms with E-state index in [2.05, 4.69) is 10.6 Å². The molecule has 0 fully saturated rings. The number of amides is 3. The zero-order valence-corrected chi connectivity index (χ0v) is 13.8. The molecule has 8 heteroatoms. The number of hydrogen-bond donors (Lipinski definition) is 4. The van der Waals surface area contributed by atoms with E-state index in [0.717, 1.165) is 5.56 Å². The molecule has 0 heterocycles. The molecule has 0 radical (unpaired) electrons. The molecule has 1 aromatic carbocycles. The van der Waals surface area contributed by atoms with Crippen LogP contribution in [0.1, 0.15) is 18.9 Å². The highest BCUT2D eigenvalue weighted by Crippen LogP contribution is 2.04. The number of primary amides is 1. The minimum absolute atomic E-state index is 0. The van der Waals surface area contributed by atoms with Crippen molar-refractivity contribution in [1.29, 1.82) is 0 Å². The number of carbonyl (C=O) groups is 3. The Morgan fingerprint density at radius 1 is 1.13 bits per heavy atom. The van der Waals surface area contributed by atoms with E-state index >= 15 is 0 Å². The van der Waals surface area contributed by atoms with E-state index in [0.29, 0.717) is 6.42 Å². The number of nitrogens with two attached hydrogens (primary N) is 2. The van der Waals surface area contributed by atoms with Crippen molar-refractivity contribution < 1.29 is 14.4 Å². The fourth-order valence-corrected chi connectivity index (χ4v) is 1.79. The Balaban J connectivity index is 0.00000484. The van der Waals surface area contributed by atoms with Gasteiger partial charge in [-0.3, -0.25) is 14.4 Å². The topological polar surface area (TPSA) is 127 Å². The molecule has 0 aliphatic heterocycles. The molecule has 0 saturated carbocycles. The van der Waals surface area contributed by atoms with Crippen molar-refractivity contribution in [2.75, 3.05) is 6.54 Å². The molecule has 0 aliphatic carbocycles. The van der Waals surface area contributed by atoms with E-state index < -0.39 is 23.9 Å². The first-order valence-electron chi connectivity index (χ1n) is 7.06. The SMILES string of the molecule is C[C@@H](N)C(=O)NC(Cc1ccccc1)C(=O)NCCC(N)=O.Cl. The molecule has 128 valence electrons. The highest BCUT2D eigenvalue weighted by molar-refractivity contribution is 5.89. The number of benzene rings is 1. The Morgan fingerprint density at radius 2 is 1.74 bits per heavy atom. The quantitative estimate of drug-likeness (QED) is 0.506. The molecule has 23 heavy (non-hydrogen) atoms. The molecule has 0 aromatic heterocycles. The van der Waals surface area contributed by atoms with E-state index in [1.54, 1.807) is 6.92 Å². The van der Waals surface area contributed by atoms with Gasteiger partial charge in [0.1, 0.15) is 6.04 Å². The Bertz CT molecular complexity index is 523. The Hall–Kier alpha value is -2.12. The minimum atomic E-state index is -0.756. The van der Waals surface area contributed by atoms with Crippen LogP contribution >= 0.6 is 12.4 Å². The van der Waals surface area contributed by atoms with Crippen LogP contribution in [0, 0.1) is 0 Å². The van der Waals surface area contributed by atoms with Gasteiger partial charge in [-0.1, -0.05) is 30.3 Å². The van der Waals surface area contributed by atoms with Gasteiger partial charge >= 0.3 is 0 Å². The highest BCUT2D eigenvalue weighted by Gasteiger charge is 2.22. The van der Waals surface area contributed by atoms with Crippen molar-refractivity contribution in [3.8, 4) is 0 Å². The summed E-state index contributed by atoms with van der Waals surface area (Å²) in [6.45, 7) is 1.67. The summed E-state index contributed by atoms with van der Waals surface area (Å²) in [5.41, 5.74) is 11.4. The summed E-state index contributed by atoms with van der Waals surface area (Å²) in [6, 6.07) is 7.83. The van der Waals surface area contributed by atoms with Crippen molar-refractivity contribution in [3.63, 3.8) is 0 Å². The summed E-state index contributed by atoms with van der Waals surface area (Å²) >= 11 is 0. The van der Waals surface area contributed by atoms with Gasteiger partial charge in [0.25, 0.3) is 0 Å². The molecule has 0 spiro atoms. The Labute approximate surface area is 141 Å². The Morgan fingerprint density at radius 3 is 2.26 bits per heavy atom. The third-order valence-corrected chi connectivity index (χ3v) is 3.00. The summed E-state index contributed by atoms with van der Waals surface area (Å²) in [6.07, 6.45) is 0.382. The van der Waals surface area contributed by atoms with Gasteiger partial charge in [-0.15, -0.1) is 12.4 Å². The summed E-state index contributed by atoms with van der Waals surface area (Å²) in [5, 5.41) is 5.19. The van der Waals surface area contributed by atoms with Crippen LogP contribution in [0.4, 0.5) is 0 Å². The number of carbonyl (C=O) groups excluding carboxylic acids is 3. The molecule has 0 aliphatic rings. The molecule has 1 rings (SSSR count). The van der Waals surface area contributed by atoms with Crippen LogP contribution < -0.4 is 22.1 Å². The molecule has 0 saturated heterocycles. The molecule has 6 N–H and O–H groups in total. The fourth-order valence-electron chi connectivity index (χ4n) is 1.79. The number of rotatable bonds is 8. The lowest BCUT2D eigenvalue weighted by molar-refractivity contribution is -0.129. The third kappa shape index (κ3) is 8.18. The predicted molar refractivity (Wildman–Crippen MR) is 89.8 cm³/mol. The van der Waals surface area contributed by atoms with Crippen LogP contribution in [0.25, 0.3) is 0 Å². The smallest absolute Gasteiger partial charge is 0.242 e. The van der Waals surface area contributed by atoms with Crippen molar-refractivity contribution in [2.45, 2.75) is 31.8 Å². The van der Waals surface area contributed by atoms with Crippen LogP contribution in [0.15, 0.2) is 30.3 Å². The van der Waals surface area contributed by atoms with E-state index in [1.807, 2.05) is 30.3 Å². The second-order valence-electron chi connectivity index (χ2n) is 5.05. The van der Waals surface area contributed by atoms with Gasteiger partial charge in [0, 0.05) is 19.4 Å². The van der Waals surface area contributed by atoms with Gasteiger partial charge in [0.05, 0.1) is 6.04 Å². The first-order chi connectivity index (χ1) is 10.4. The van der Waals surface area contributed by atoms with Crippen LogP contribution in [0.5, 0.6) is 0 Å². The monoisotopic (exact) mass is 342 g/mol. The van der Waals surface area contributed by atoms with Gasteiger partial charge in [-0.25, -0.2) is 0 Å². The molecule has 7 nitrogen and oxygen atoms in total. The average molecular weight is 343 g/mol. The minimum Gasteiger partial charge on any atom is -0.370 e. The number of halogens is 1. The molecule has 2 atom stereocenters. The molecular formula is C15H23ClN4O3. The lowest BCUT2D eigenvalue weighted by Gasteiger charge is -2.19. The largest absolute Gasteiger partial charge is 0.370 e. The summed E-state index contributed by atoms with van der Waals surface area (Å²) in [4.78, 5) is 34.6. The molecule has 3 amide bonds. The van der Waals surface area contributed by atoms with Gasteiger partial charge in [0.2, 0.25) is 17.7 Å². The average Bonchev–Trinajstić information content (AvgIpc) is 2.46. The maximum absolute atomic E-state index is 12.2. The summed E-state index contributed by atoms with van der Waals surface area (Å²) in [5.74, 6) is -1.29. The Kier molecular flexibility index (Phi) is 9.60. The first-order valence-corrected chi connectivity index (χ1v) is 7.06. The van der Waals surface area contributed by atoms with E-state index in [9.17, 15) is 14.4 Å². The fraction of sp³-hybridized carbons (Fsp3) is 0.400. The second-order valence-corrected chi connectivity index (χ2v) is 5.05. The number of hydrogen-bond acceptors (Lipinski definition) is 4. The lowest BCUT2D eigenvalue weighted by Crippen LogP contribution is -2.52. The first kappa shape index (κ1) is 20.9. The summed E-state index contributed by atoms with van der Waals surface area (Å²) < 4.78 is 0. The van der Waals surface area contributed by atoms with Crippen LogP contribution in [-0.2, 0) is 20.8 Å². The van der Waals surface area contributed by atoms with Crippen molar-refractivity contribution >= 4 is 30.1 Å². The maximum Gasteiger partial charge on any atom is 0.242 e. The van der Waals surface area contributed by atoms with Gasteiger partial charge in [-0.05, 0) is 12.5 Å². The lowest BCUT2D eigenvalue weighted by atomic mass is 10.0. The number of nitrogens with one attached hydrogen (secondary N) is 2. The zero-order chi connectivity index (χ0) is 16.5. The summed E-state index contributed by atoms with van der Waals surface area (Å²) in [7, 11) is 0. The van der Waals surface area contributed by atoms with E-state index in [1.165, 1.54) is 0 Å². The van der Waals surface area contributed by atoms with Crippen molar-refractivity contribution in [1.82, 2.24) is 10.6 Å². The van der Waals surface area contributed by atoms with Gasteiger partial charge < -0.3 is 22.1 Å². The zero-order valence-electron chi connectivity index (χ0n) is 13.0. The molecule has 1 unspecified atom stereocenters. The standard InChI is InChI=1S/C15H22N4O3.ClH/c1-10(16)14(21)19-12(9-11-5-3-2-4-6-11)15(22)18-8-7-13(17)20;/h2-6,10,12H,7-9,16H2,1H3,(H2,17,20)(H,18,22)(H,19,21);1H/t10-,12?;/m1./s1. The van der Waals surface area contributed by atoms with Gasteiger partial charge in [0.15, 0.2) is 0 Å². The third-order valence-electron chi connectivity index (χ3n) is 3.00. The second kappa shape index (κ2) is 10.6. The van der Waals surface area contributed by atoms with Crippen LogP contribution in [0.3, 0.4) is 0 Å². The van der Waals surface area contributed by atoms with Crippen LogP contribution in [0.2, 0.25) is 0 Å². The molecule has 1 aromatic rings. The van der Waals surface area contributed by atoms with Crippen molar-refractivity contribution in [2.24, 2.45) is 11.5 Å². The normalized spacial score (nSPS) is 12.4. The highest BCUT2D eigenvalue weighted by atomic mass is 35.5. The van der Waals surface area contributed by atoms with Crippen molar-refractivity contribution in [3.05, 3.63) is 35.9 Å². The van der Waals surface area contributed by atoms with E-state index in [-0.39, 0.29) is 31.3 Å². The molecule has 0 bridgehead atoms. The van der Waals surface area contributed by atoms with E-state index in [4.69, 9.17) is 11.5 Å². The predicted octanol–water partition coefficient (Wildman–Crippen LogP) is -0.525.